The van der Waals surface area contributed by atoms with Crippen LogP contribution < -0.4 is 10.6 Å². The number of ether oxygens (including phenoxy) is 1. The molecule has 8 heteroatoms. The lowest BCUT2D eigenvalue weighted by Gasteiger charge is -2.13. The summed E-state index contributed by atoms with van der Waals surface area (Å²) in [6.07, 6.45) is 0. The van der Waals surface area contributed by atoms with Crippen molar-refractivity contribution in [2.24, 2.45) is 0 Å². The van der Waals surface area contributed by atoms with E-state index in [2.05, 4.69) is 15.6 Å². The normalized spacial score (nSPS) is 11.5. The van der Waals surface area contributed by atoms with E-state index in [4.69, 9.17) is 4.74 Å². The van der Waals surface area contributed by atoms with E-state index in [1.54, 1.807) is 20.9 Å². The summed E-state index contributed by atoms with van der Waals surface area (Å²) in [5.41, 5.74) is -0.113. The number of hydrogen-bond donors (Lipinski definition) is 2. The minimum absolute atomic E-state index is 0.113. The predicted octanol–water partition coefficient (Wildman–Crippen LogP) is 1.39. The zero-order valence-electron chi connectivity index (χ0n) is 11.0. The van der Waals surface area contributed by atoms with Crippen molar-refractivity contribution in [1.82, 2.24) is 4.98 Å². The average molecular weight is 268 g/mol. The number of carbonyl (C=O) groups excluding carboxylic acids is 1. The molecule has 1 aromatic rings. The van der Waals surface area contributed by atoms with Crippen LogP contribution >= 0.6 is 0 Å². The summed E-state index contributed by atoms with van der Waals surface area (Å²) in [6, 6.07) is 1.93. The largest absolute Gasteiger partial charge is 0.464 e. The van der Waals surface area contributed by atoms with Crippen molar-refractivity contribution in [2.45, 2.75) is 19.9 Å². The summed E-state index contributed by atoms with van der Waals surface area (Å²) in [4.78, 5) is 25.8. The summed E-state index contributed by atoms with van der Waals surface area (Å²) in [7, 11) is 1.60. The molecule has 0 saturated heterocycles. The first kappa shape index (κ1) is 14.7. The van der Waals surface area contributed by atoms with Gasteiger partial charge in [0.25, 0.3) is 5.69 Å². The van der Waals surface area contributed by atoms with Crippen LogP contribution in [0.3, 0.4) is 0 Å². The number of rotatable bonds is 6. The molecule has 0 spiro atoms. The number of carbonyl (C=O) groups is 1. The van der Waals surface area contributed by atoms with Gasteiger partial charge in [-0.05, 0) is 13.8 Å². The van der Waals surface area contributed by atoms with Gasteiger partial charge >= 0.3 is 5.97 Å². The highest BCUT2D eigenvalue weighted by Crippen LogP contribution is 2.20. The van der Waals surface area contributed by atoms with Gasteiger partial charge in [-0.25, -0.2) is 9.78 Å². The number of nitrogens with zero attached hydrogens (tertiary/aromatic N) is 2. The molecule has 0 bridgehead atoms. The number of hydrogen-bond acceptors (Lipinski definition) is 7. The van der Waals surface area contributed by atoms with E-state index in [1.807, 2.05) is 0 Å². The highest BCUT2D eigenvalue weighted by atomic mass is 16.6. The van der Waals surface area contributed by atoms with Crippen LogP contribution in [0.5, 0.6) is 0 Å². The Balaban J connectivity index is 2.91. The van der Waals surface area contributed by atoms with Gasteiger partial charge in [0.1, 0.15) is 17.7 Å². The lowest BCUT2D eigenvalue weighted by Crippen LogP contribution is -2.28. The number of nitrogens with one attached hydrogen (secondary N) is 2. The zero-order valence-corrected chi connectivity index (χ0v) is 11.0. The van der Waals surface area contributed by atoms with Gasteiger partial charge in [0, 0.05) is 7.05 Å². The molecule has 19 heavy (non-hydrogen) atoms. The van der Waals surface area contributed by atoms with Crippen LogP contribution in [-0.4, -0.2) is 35.6 Å². The van der Waals surface area contributed by atoms with Crippen LogP contribution in [0.1, 0.15) is 13.8 Å². The highest BCUT2D eigenvalue weighted by Gasteiger charge is 2.17. The molecule has 0 aliphatic heterocycles. The molecule has 0 fully saturated rings. The molecule has 2 N–H and O–H groups in total. The fourth-order valence-corrected chi connectivity index (χ4v) is 1.37. The number of esters is 1. The van der Waals surface area contributed by atoms with Gasteiger partial charge < -0.3 is 15.4 Å². The Morgan fingerprint density at radius 2 is 2.16 bits per heavy atom. The number of nitro groups is 1. The Kier molecular flexibility index (Phi) is 5.04. The van der Waals surface area contributed by atoms with E-state index in [9.17, 15) is 14.9 Å². The molecule has 1 rings (SSSR count). The fraction of sp³-hybridized carbons (Fsp3) is 0.455. The molecular weight excluding hydrogens is 252 g/mol. The van der Waals surface area contributed by atoms with Crippen molar-refractivity contribution >= 4 is 23.3 Å². The van der Waals surface area contributed by atoms with Crippen LogP contribution in [0.2, 0.25) is 0 Å². The third kappa shape index (κ3) is 4.09. The van der Waals surface area contributed by atoms with Gasteiger partial charge in [-0.2, -0.15) is 0 Å². The molecule has 0 radical (unpaired) electrons. The number of pyridine rings is 1. The second-order valence-electron chi connectivity index (χ2n) is 3.72. The van der Waals surface area contributed by atoms with Crippen LogP contribution in [0.25, 0.3) is 0 Å². The van der Waals surface area contributed by atoms with Gasteiger partial charge in [0.15, 0.2) is 0 Å². The fourth-order valence-electron chi connectivity index (χ4n) is 1.37. The second-order valence-corrected chi connectivity index (χ2v) is 3.72. The van der Waals surface area contributed by atoms with E-state index in [0.29, 0.717) is 5.82 Å². The van der Waals surface area contributed by atoms with Gasteiger partial charge in [-0.1, -0.05) is 0 Å². The van der Waals surface area contributed by atoms with Gasteiger partial charge in [-0.3, -0.25) is 10.1 Å². The summed E-state index contributed by atoms with van der Waals surface area (Å²) in [6.45, 7) is 3.57. The van der Waals surface area contributed by atoms with Crippen molar-refractivity contribution in [1.29, 1.82) is 0 Å². The maximum Gasteiger partial charge on any atom is 0.328 e. The SMILES string of the molecule is CCOC(=O)C(C)Nc1cc([N+](=O)[O-])cc(NC)n1. The van der Waals surface area contributed by atoms with Gasteiger partial charge in [-0.15, -0.1) is 0 Å². The maximum absolute atomic E-state index is 11.5. The quantitative estimate of drug-likeness (QED) is 0.456. The Bertz CT molecular complexity index is 478. The Hall–Kier alpha value is -2.38. The van der Waals surface area contributed by atoms with Crippen LogP contribution in [0.15, 0.2) is 12.1 Å². The van der Waals surface area contributed by atoms with Crippen molar-refractivity contribution < 1.29 is 14.5 Å². The second kappa shape index (κ2) is 6.53. The lowest BCUT2D eigenvalue weighted by atomic mass is 10.3. The van der Waals surface area contributed by atoms with E-state index in [-0.39, 0.29) is 18.1 Å². The maximum atomic E-state index is 11.5. The van der Waals surface area contributed by atoms with Crippen LogP contribution in [0, 0.1) is 10.1 Å². The van der Waals surface area contributed by atoms with E-state index < -0.39 is 16.9 Å². The molecule has 0 saturated carbocycles. The third-order valence-electron chi connectivity index (χ3n) is 2.28. The van der Waals surface area contributed by atoms with E-state index in [0.717, 1.165) is 0 Å². The number of anilines is 2. The van der Waals surface area contributed by atoms with Crippen molar-refractivity contribution in [3.8, 4) is 0 Å². The topological polar surface area (TPSA) is 106 Å². The molecule has 0 amide bonds. The Labute approximate surface area is 110 Å². The third-order valence-corrected chi connectivity index (χ3v) is 2.28. The molecule has 1 unspecified atom stereocenters. The smallest absolute Gasteiger partial charge is 0.328 e. The molecular formula is C11H16N4O4. The number of aromatic nitrogens is 1. The van der Waals surface area contributed by atoms with Crippen molar-refractivity contribution in [3.63, 3.8) is 0 Å². The molecule has 0 aliphatic carbocycles. The Morgan fingerprint density at radius 3 is 2.68 bits per heavy atom. The summed E-state index contributed by atoms with van der Waals surface area (Å²) in [5, 5.41) is 16.3. The van der Waals surface area contributed by atoms with Gasteiger partial charge in [0.05, 0.1) is 23.7 Å². The van der Waals surface area contributed by atoms with E-state index in [1.165, 1.54) is 12.1 Å². The van der Waals surface area contributed by atoms with Crippen LogP contribution in [0.4, 0.5) is 17.3 Å². The van der Waals surface area contributed by atoms with E-state index >= 15 is 0 Å². The molecule has 1 heterocycles. The summed E-state index contributed by atoms with van der Waals surface area (Å²) < 4.78 is 4.83. The zero-order chi connectivity index (χ0) is 14.4. The first-order valence-corrected chi connectivity index (χ1v) is 5.75. The minimum Gasteiger partial charge on any atom is -0.464 e. The van der Waals surface area contributed by atoms with Crippen molar-refractivity contribution in [2.75, 3.05) is 24.3 Å². The highest BCUT2D eigenvalue weighted by molar-refractivity contribution is 5.78. The monoisotopic (exact) mass is 268 g/mol. The summed E-state index contributed by atoms with van der Waals surface area (Å²) in [5.74, 6) is 0.133. The lowest BCUT2D eigenvalue weighted by molar-refractivity contribution is -0.384. The molecule has 0 aliphatic rings. The predicted molar refractivity (Wildman–Crippen MR) is 70.2 cm³/mol. The molecule has 1 atom stereocenters. The standard InChI is InChI=1S/C11H16N4O4/c1-4-19-11(16)7(2)13-10-6-8(15(17)18)5-9(12-3)14-10/h5-7H,4H2,1-3H3,(H2,12,13,14). The van der Waals surface area contributed by atoms with Crippen molar-refractivity contribution in [3.05, 3.63) is 22.2 Å². The van der Waals surface area contributed by atoms with Gasteiger partial charge in [0.2, 0.25) is 0 Å². The molecule has 104 valence electrons. The minimum atomic E-state index is -0.640. The average Bonchev–Trinajstić information content (AvgIpc) is 2.38. The first-order valence-electron chi connectivity index (χ1n) is 5.75. The molecule has 0 aromatic carbocycles. The summed E-state index contributed by atoms with van der Waals surface area (Å²) >= 11 is 0. The Morgan fingerprint density at radius 1 is 1.53 bits per heavy atom. The van der Waals surface area contributed by atoms with Crippen LogP contribution in [-0.2, 0) is 9.53 Å². The molecule has 1 aromatic heterocycles. The molecule has 8 nitrogen and oxygen atoms in total. The first-order chi connectivity index (χ1) is 8.97.